The fourth-order valence-corrected chi connectivity index (χ4v) is 2.53. The summed E-state index contributed by atoms with van der Waals surface area (Å²) in [7, 11) is 1.78. The molecule has 4 nitrogen and oxygen atoms in total. The number of amides is 1. The lowest BCUT2D eigenvalue weighted by atomic mass is 9.93. The van der Waals surface area contributed by atoms with Crippen molar-refractivity contribution in [2.45, 2.75) is 25.8 Å². The van der Waals surface area contributed by atoms with E-state index in [-0.39, 0.29) is 17.8 Å². The Morgan fingerprint density at radius 3 is 3.05 bits per heavy atom. The molecule has 2 atom stereocenters. The van der Waals surface area contributed by atoms with Crippen molar-refractivity contribution in [3.63, 3.8) is 0 Å². The smallest absolute Gasteiger partial charge is 0.239 e. The van der Waals surface area contributed by atoms with Gasteiger partial charge in [0.15, 0.2) is 0 Å². The Bertz CT molecular complexity index is 481. The van der Waals surface area contributed by atoms with Crippen LogP contribution in [0.4, 0.5) is 4.39 Å². The van der Waals surface area contributed by atoms with Gasteiger partial charge in [0, 0.05) is 13.1 Å². The van der Waals surface area contributed by atoms with Gasteiger partial charge in [-0.3, -0.25) is 4.79 Å². The van der Waals surface area contributed by atoms with Gasteiger partial charge in [0.25, 0.3) is 0 Å². The van der Waals surface area contributed by atoms with Gasteiger partial charge in [-0.25, -0.2) is 4.39 Å². The quantitative estimate of drug-likeness (QED) is 0.903. The molecule has 0 bridgehead atoms. The Hall–Kier alpha value is -1.62. The number of carbonyl (C=O) groups excluding carboxylic acids is 1. The van der Waals surface area contributed by atoms with Gasteiger partial charge in [-0.2, -0.15) is 0 Å². The van der Waals surface area contributed by atoms with Crippen molar-refractivity contribution in [3.05, 3.63) is 30.1 Å². The number of likely N-dealkylation sites (N-methyl/N-ethyl adjacent to an activating group) is 1. The number of piperidine rings is 1. The Morgan fingerprint density at radius 2 is 2.33 bits per heavy atom. The van der Waals surface area contributed by atoms with Crippen molar-refractivity contribution in [2.75, 3.05) is 26.7 Å². The average molecular weight is 294 g/mol. The molecule has 2 unspecified atom stereocenters. The van der Waals surface area contributed by atoms with E-state index in [1.807, 2.05) is 0 Å². The first-order valence-corrected chi connectivity index (χ1v) is 7.43. The van der Waals surface area contributed by atoms with Crippen molar-refractivity contribution < 1.29 is 13.9 Å². The predicted octanol–water partition coefficient (Wildman–Crippen LogP) is 2.05. The number of carbonyl (C=O) groups is 1. The zero-order chi connectivity index (χ0) is 15.2. The fourth-order valence-electron chi connectivity index (χ4n) is 2.53. The Morgan fingerprint density at radius 1 is 1.52 bits per heavy atom. The fraction of sp³-hybridized carbons (Fsp3) is 0.562. The van der Waals surface area contributed by atoms with Gasteiger partial charge in [0.2, 0.25) is 5.91 Å². The van der Waals surface area contributed by atoms with E-state index in [1.54, 1.807) is 24.1 Å². The highest BCUT2D eigenvalue weighted by molar-refractivity contribution is 5.81. The number of nitrogens with one attached hydrogen (secondary N) is 1. The number of rotatable bonds is 5. The van der Waals surface area contributed by atoms with E-state index in [0.29, 0.717) is 24.8 Å². The Labute approximate surface area is 125 Å². The molecule has 0 aliphatic carbocycles. The molecule has 5 heteroatoms. The summed E-state index contributed by atoms with van der Waals surface area (Å²) in [6.45, 7) is 3.91. The van der Waals surface area contributed by atoms with Crippen LogP contribution < -0.4 is 10.1 Å². The molecule has 1 N–H and O–H groups in total. The minimum atomic E-state index is -0.322. The molecule has 21 heavy (non-hydrogen) atoms. The molecule has 1 aromatic carbocycles. The molecule has 2 rings (SSSR count). The lowest BCUT2D eigenvalue weighted by Gasteiger charge is -2.30. The van der Waals surface area contributed by atoms with Gasteiger partial charge >= 0.3 is 0 Å². The van der Waals surface area contributed by atoms with E-state index in [9.17, 15) is 9.18 Å². The second-order valence-electron chi connectivity index (χ2n) is 5.70. The summed E-state index contributed by atoms with van der Waals surface area (Å²) >= 11 is 0. The number of nitrogens with zero attached hydrogens (tertiary/aromatic N) is 1. The molecule has 1 saturated heterocycles. The molecular formula is C16H23FN2O2. The molecule has 0 spiro atoms. The summed E-state index contributed by atoms with van der Waals surface area (Å²) in [6.07, 6.45) is 2.00. The van der Waals surface area contributed by atoms with Gasteiger partial charge in [-0.15, -0.1) is 0 Å². The second kappa shape index (κ2) is 7.41. The van der Waals surface area contributed by atoms with Crippen molar-refractivity contribution >= 4 is 5.91 Å². The van der Waals surface area contributed by atoms with Crippen LogP contribution in [0.25, 0.3) is 0 Å². The van der Waals surface area contributed by atoms with Gasteiger partial charge < -0.3 is 15.0 Å². The minimum Gasteiger partial charge on any atom is -0.492 e. The zero-order valence-corrected chi connectivity index (χ0v) is 12.6. The molecule has 1 heterocycles. The van der Waals surface area contributed by atoms with Crippen LogP contribution in [-0.4, -0.2) is 43.6 Å². The van der Waals surface area contributed by atoms with E-state index in [0.717, 1.165) is 19.4 Å². The molecule has 1 aliphatic rings. The van der Waals surface area contributed by atoms with Gasteiger partial charge in [-0.05, 0) is 37.4 Å². The van der Waals surface area contributed by atoms with Crippen molar-refractivity contribution in [1.82, 2.24) is 10.2 Å². The minimum absolute atomic E-state index is 0.0899. The van der Waals surface area contributed by atoms with Crippen LogP contribution >= 0.6 is 0 Å². The molecule has 1 amide bonds. The summed E-state index contributed by atoms with van der Waals surface area (Å²) in [5, 5.41) is 3.26. The molecule has 0 radical (unpaired) electrons. The Balaban J connectivity index is 1.76. The summed E-state index contributed by atoms with van der Waals surface area (Å²) < 4.78 is 18.5. The van der Waals surface area contributed by atoms with Gasteiger partial charge in [0.1, 0.15) is 18.2 Å². The lowest BCUT2D eigenvalue weighted by molar-refractivity contribution is -0.133. The maximum Gasteiger partial charge on any atom is 0.239 e. The van der Waals surface area contributed by atoms with Gasteiger partial charge in [-0.1, -0.05) is 13.0 Å². The van der Waals surface area contributed by atoms with Crippen LogP contribution in [0.3, 0.4) is 0 Å². The number of hydrogen-bond donors (Lipinski definition) is 1. The van der Waals surface area contributed by atoms with Crippen molar-refractivity contribution in [3.8, 4) is 5.75 Å². The maximum atomic E-state index is 13.0. The van der Waals surface area contributed by atoms with E-state index in [1.165, 1.54) is 12.1 Å². The highest BCUT2D eigenvalue weighted by Gasteiger charge is 2.26. The summed E-state index contributed by atoms with van der Waals surface area (Å²) in [4.78, 5) is 14.0. The van der Waals surface area contributed by atoms with Crippen molar-refractivity contribution in [2.24, 2.45) is 5.92 Å². The van der Waals surface area contributed by atoms with Crippen LogP contribution in [0.15, 0.2) is 24.3 Å². The molecular weight excluding hydrogens is 271 g/mol. The second-order valence-corrected chi connectivity index (χ2v) is 5.70. The summed E-state index contributed by atoms with van der Waals surface area (Å²) in [5.41, 5.74) is 0. The molecule has 116 valence electrons. The molecule has 0 saturated carbocycles. The van der Waals surface area contributed by atoms with Gasteiger partial charge in [0.05, 0.1) is 12.6 Å². The van der Waals surface area contributed by atoms with Crippen LogP contribution in [0.2, 0.25) is 0 Å². The first-order chi connectivity index (χ1) is 10.1. The third-order valence-electron chi connectivity index (χ3n) is 3.83. The molecule has 1 fully saturated rings. The van der Waals surface area contributed by atoms with Crippen LogP contribution in [0, 0.1) is 11.7 Å². The first-order valence-electron chi connectivity index (χ1n) is 7.43. The van der Waals surface area contributed by atoms with E-state index < -0.39 is 0 Å². The average Bonchev–Trinajstić information content (AvgIpc) is 2.46. The topological polar surface area (TPSA) is 41.6 Å². The predicted molar refractivity (Wildman–Crippen MR) is 79.7 cm³/mol. The number of ether oxygens (including phenoxy) is 1. The number of benzene rings is 1. The van der Waals surface area contributed by atoms with Crippen molar-refractivity contribution in [1.29, 1.82) is 0 Å². The van der Waals surface area contributed by atoms with Crippen LogP contribution in [-0.2, 0) is 4.79 Å². The highest BCUT2D eigenvalue weighted by Crippen LogP contribution is 2.16. The summed E-state index contributed by atoms with van der Waals surface area (Å²) in [5.74, 6) is 0.846. The van der Waals surface area contributed by atoms with Crippen LogP contribution in [0.1, 0.15) is 19.8 Å². The molecule has 0 aromatic heterocycles. The zero-order valence-electron chi connectivity index (χ0n) is 12.6. The van der Waals surface area contributed by atoms with Crippen LogP contribution in [0.5, 0.6) is 5.75 Å². The first kappa shape index (κ1) is 15.8. The third-order valence-corrected chi connectivity index (χ3v) is 3.83. The molecule has 1 aliphatic heterocycles. The largest absolute Gasteiger partial charge is 0.492 e. The third kappa shape index (κ3) is 4.70. The lowest BCUT2D eigenvalue weighted by Crippen LogP contribution is -2.49. The monoisotopic (exact) mass is 294 g/mol. The number of hydrogen-bond acceptors (Lipinski definition) is 3. The number of halogens is 1. The molecule has 1 aromatic rings. The maximum absolute atomic E-state index is 13.0. The van der Waals surface area contributed by atoms with E-state index >= 15 is 0 Å². The Kier molecular flexibility index (Phi) is 5.56. The standard InChI is InChI=1S/C16H23FN2O2/c1-12-6-7-18-15(10-12)16(20)19(2)8-9-21-14-5-3-4-13(17)11-14/h3-5,11-12,15,18H,6-10H2,1-2H3. The highest BCUT2D eigenvalue weighted by atomic mass is 19.1. The normalized spacial score (nSPS) is 21.9. The summed E-state index contributed by atoms with van der Waals surface area (Å²) in [6, 6.07) is 5.93. The SMILES string of the molecule is CC1CCNC(C(=O)N(C)CCOc2cccc(F)c2)C1. The van der Waals surface area contributed by atoms with E-state index in [4.69, 9.17) is 4.74 Å². The van der Waals surface area contributed by atoms with E-state index in [2.05, 4.69) is 12.2 Å².